The molecule has 1 saturated carbocycles. The lowest BCUT2D eigenvalue weighted by Gasteiger charge is -2.34. The average molecular weight is 337 g/mol. The van der Waals surface area contributed by atoms with Crippen molar-refractivity contribution in [3.63, 3.8) is 0 Å². The van der Waals surface area contributed by atoms with Crippen molar-refractivity contribution in [1.29, 1.82) is 0 Å². The van der Waals surface area contributed by atoms with Crippen LogP contribution in [0.25, 0.3) is 0 Å². The fourth-order valence-electron chi connectivity index (χ4n) is 4.03. The summed E-state index contributed by atoms with van der Waals surface area (Å²) in [5.41, 5.74) is 8.87. The van der Waals surface area contributed by atoms with Crippen molar-refractivity contribution in [3.05, 3.63) is 28.2 Å². The van der Waals surface area contributed by atoms with Gasteiger partial charge in [0.1, 0.15) is 0 Å². The zero-order chi connectivity index (χ0) is 14.1. The topological polar surface area (TPSA) is 29.3 Å². The molecule has 3 rings (SSSR count). The molecule has 3 heteroatoms. The molecule has 2 fully saturated rings. The van der Waals surface area contributed by atoms with Crippen LogP contribution in [-0.4, -0.2) is 18.6 Å². The van der Waals surface area contributed by atoms with E-state index >= 15 is 0 Å². The molecule has 0 bridgehead atoms. The Morgan fingerprint density at radius 2 is 2.10 bits per heavy atom. The lowest BCUT2D eigenvalue weighted by Crippen LogP contribution is -2.35. The molecule has 1 aliphatic heterocycles. The van der Waals surface area contributed by atoms with Gasteiger partial charge in [-0.2, -0.15) is 0 Å². The monoisotopic (exact) mass is 336 g/mol. The molecule has 110 valence electrons. The van der Waals surface area contributed by atoms with Gasteiger partial charge in [-0.25, -0.2) is 0 Å². The van der Waals surface area contributed by atoms with E-state index in [2.05, 4.69) is 46.0 Å². The molecular weight excluding hydrogens is 312 g/mol. The molecule has 2 aliphatic rings. The van der Waals surface area contributed by atoms with Crippen molar-refractivity contribution in [2.24, 2.45) is 11.7 Å². The molecule has 0 aromatic heterocycles. The molecule has 0 spiro atoms. The second kappa shape index (κ2) is 6.07. The molecule has 1 saturated heterocycles. The molecule has 2 N–H and O–H groups in total. The summed E-state index contributed by atoms with van der Waals surface area (Å²) < 4.78 is 1.18. The van der Waals surface area contributed by atoms with Crippen LogP contribution >= 0.6 is 15.9 Å². The molecular formula is C17H25BrN2. The van der Waals surface area contributed by atoms with Crippen LogP contribution in [0.3, 0.4) is 0 Å². The summed E-state index contributed by atoms with van der Waals surface area (Å²) in [5, 5.41) is 0. The van der Waals surface area contributed by atoms with E-state index in [0.717, 1.165) is 18.4 Å². The Balaban J connectivity index is 1.90. The molecule has 1 heterocycles. The van der Waals surface area contributed by atoms with Crippen LogP contribution in [0, 0.1) is 5.92 Å². The Bertz CT molecular complexity index is 472. The van der Waals surface area contributed by atoms with Crippen molar-refractivity contribution in [2.45, 2.75) is 57.5 Å². The molecule has 20 heavy (non-hydrogen) atoms. The van der Waals surface area contributed by atoms with E-state index in [9.17, 15) is 0 Å². The predicted molar refractivity (Wildman–Crippen MR) is 89.2 cm³/mol. The number of hydrogen-bond donors (Lipinski definition) is 1. The van der Waals surface area contributed by atoms with Gasteiger partial charge in [-0.1, -0.05) is 34.8 Å². The van der Waals surface area contributed by atoms with Gasteiger partial charge in [0.05, 0.1) is 0 Å². The minimum Gasteiger partial charge on any atom is -0.368 e. The maximum atomic E-state index is 6.03. The largest absolute Gasteiger partial charge is 0.368 e. The summed E-state index contributed by atoms with van der Waals surface area (Å²) in [5.74, 6) is 0.922. The number of halogens is 1. The van der Waals surface area contributed by atoms with Crippen LogP contribution < -0.4 is 10.6 Å². The fraction of sp³-hybridized carbons (Fsp3) is 0.647. The van der Waals surface area contributed by atoms with Gasteiger partial charge in [0.15, 0.2) is 0 Å². The quantitative estimate of drug-likeness (QED) is 0.899. The molecule has 0 amide bonds. The highest BCUT2D eigenvalue weighted by Gasteiger charge is 2.36. The van der Waals surface area contributed by atoms with Crippen LogP contribution in [0.5, 0.6) is 0 Å². The standard InChI is InChI=1S/C17H25BrN2/c1-12(19)10-14-6-7-15(18)11-17(14)20-9-8-13-4-2-3-5-16(13)20/h6-7,11-13,16H,2-5,8-10,19H2,1H3. The second-order valence-electron chi connectivity index (χ2n) is 6.55. The fourth-order valence-corrected chi connectivity index (χ4v) is 4.38. The molecule has 3 unspecified atom stereocenters. The van der Waals surface area contributed by atoms with E-state index in [0.29, 0.717) is 0 Å². The molecule has 1 aromatic rings. The van der Waals surface area contributed by atoms with E-state index in [4.69, 9.17) is 5.73 Å². The maximum Gasteiger partial charge on any atom is 0.0413 e. The summed E-state index contributed by atoms with van der Waals surface area (Å²) in [4.78, 5) is 2.67. The van der Waals surface area contributed by atoms with Gasteiger partial charge >= 0.3 is 0 Å². The molecule has 1 aromatic carbocycles. The van der Waals surface area contributed by atoms with Gasteiger partial charge in [0.25, 0.3) is 0 Å². The van der Waals surface area contributed by atoms with Crippen molar-refractivity contribution >= 4 is 21.6 Å². The Kier molecular flexibility index (Phi) is 4.37. The third-order valence-corrected chi connectivity index (χ3v) is 5.40. The van der Waals surface area contributed by atoms with Crippen LogP contribution in [0.4, 0.5) is 5.69 Å². The zero-order valence-corrected chi connectivity index (χ0v) is 13.9. The molecule has 2 nitrogen and oxygen atoms in total. The molecule has 1 aliphatic carbocycles. The average Bonchev–Trinajstić information content (AvgIpc) is 2.84. The van der Waals surface area contributed by atoms with Crippen molar-refractivity contribution in [3.8, 4) is 0 Å². The van der Waals surface area contributed by atoms with Gasteiger partial charge in [-0.3, -0.25) is 0 Å². The number of nitrogens with zero attached hydrogens (tertiary/aromatic N) is 1. The number of fused-ring (bicyclic) bond motifs is 1. The van der Waals surface area contributed by atoms with Gasteiger partial charge in [0, 0.05) is 28.8 Å². The Labute approximate surface area is 130 Å². The number of rotatable bonds is 3. The molecule has 0 radical (unpaired) electrons. The summed E-state index contributed by atoms with van der Waals surface area (Å²) in [6.07, 6.45) is 7.96. The first kappa shape index (κ1) is 14.4. The Hall–Kier alpha value is -0.540. The number of hydrogen-bond acceptors (Lipinski definition) is 2. The van der Waals surface area contributed by atoms with E-state index in [1.807, 2.05) is 0 Å². The van der Waals surface area contributed by atoms with Crippen LogP contribution in [0.1, 0.15) is 44.6 Å². The summed E-state index contributed by atoms with van der Waals surface area (Å²) in [6, 6.07) is 7.69. The highest BCUT2D eigenvalue weighted by Crippen LogP contribution is 2.40. The Morgan fingerprint density at radius 3 is 2.90 bits per heavy atom. The van der Waals surface area contributed by atoms with Crippen molar-refractivity contribution in [2.75, 3.05) is 11.4 Å². The highest BCUT2D eigenvalue weighted by molar-refractivity contribution is 9.10. The normalized spacial score (nSPS) is 27.4. The number of anilines is 1. The molecule has 3 atom stereocenters. The summed E-state index contributed by atoms with van der Waals surface area (Å²) >= 11 is 3.64. The third kappa shape index (κ3) is 2.89. The highest BCUT2D eigenvalue weighted by atomic mass is 79.9. The first-order chi connectivity index (χ1) is 9.65. The summed E-state index contributed by atoms with van der Waals surface area (Å²) in [7, 11) is 0. The van der Waals surface area contributed by atoms with E-state index < -0.39 is 0 Å². The number of benzene rings is 1. The van der Waals surface area contributed by atoms with Gasteiger partial charge in [-0.15, -0.1) is 0 Å². The Morgan fingerprint density at radius 1 is 1.30 bits per heavy atom. The first-order valence-electron chi connectivity index (χ1n) is 7.96. The van der Waals surface area contributed by atoms with Crippen LogP contribution in [-0.2, 0) is 6.42 Å². The van der Waals surface area contributed by atoms with Crippen molar-refractivity contribution < 1.29 is 0 Å². The SMILES string of the molecule is CC(N)Cc1ccc(Br)cc1N1CCC2CCCCC21. The lowest BCUT2D eigenvalue weighted by atomic mass is 9.85. The van der Waals surface area contributed by atoms with Gasteiger partial charge < -0.3 is 10.6 Å². The minimum absolute atomic E-state index is 0.222. The first-order valence-corrected chi connectivity index (χ1v) is 8.75. The van der Waals surface area contributed by atoms with E-state index in [1.54, 1.807) is 0 Å². The van der Waals surface area contributed by atoms with E-state index in [-0.39, 0.29) is 6.04 Å². The second-order valence-corrected chi connectivity index (χ2v) is 7.46. The number of nitrogens with two attached hydrogens (primary N) is 1. The van der Waals surface area contributed by atoms with Crippen LogP contribution in [0.15, 0.2) is 22.7 Å². The lowest BCUT2D eigenvalue weighted by molar-refractivity contribution is 0.342. The maximum absolute atomic E-state index is 6.03. The van der Waals surface area contributed by atoms with Crippen LogP contribution in [0.2, 0.25) is 0 Å². The van der Waals surface area contributed by atoms with Crippen molar-refractivity contribution in [1.82, 2.24) is 0 Å². The van der Waals surface area contributed by atoms with E-state index in [1.165, 1.54) is 54.4 Å². The van der Waals surface area contributed by atoms with Gasteiger partial charge in [-0.05, 0) is 56.2 Å². The zero-order valence-electron chi connectivity index (χ0n) is 12.3. The smallest absolute Gasteiger partial charge is 0.0413 e. The van der Waals surface area contributed by atoms with Gasteiger partial charge in [0.2, 0.25) is 0 Å². The minimum atomic E-state index is 0.222. The predicted octanol–water partition coefficient (Wildman–Crippen LogP) is 4.11. The third-order valence-electron chi connectivity index (χ3n) is 4.91. The summed E-state index contributed by atoms with van der Waals surface area (Å²) in [6.45, 7) is 3.32.